The molecule has 164 valence electrons. The lowest BCUT2D eigenvalue weighted by Gasteiger charge is -2.14. The zero-order chi connectivity index (χ0) is 22.5. The van der Waals surface area contributed by atoms with Crippen LogP contribution >= 0.6 is 0 Å². The van der Waals surface area contributed by atoms with Crippen LogP contribution in [-0.2, 0) is 6.42 Å². The van der Waals surface area contributed by atoms with Crippen LogP contribution in [0.1, 0.15) is 17.8 Å². The number of dihydropyridines is 1. The minimum absolute atomic E-state index is 0.710. The normalized spacial score (nSPS) is 13.1. The zero-order valence-corrected chi connectivity index (χ0v) is 18.7. The number of hydrogen-bond acceptors (Lipinski definition) is 5. The van der Waals surface area contributed by atoms with Gasteiger partial charge in [0.1, 0.15) is 11.6 Å². The number of hydrogen-bond donors (Lipinski definition) is 1. The minimum atomic E-state index is 0.710. The molecule has 33 heavy (non-hydrogen) atoms. The lowest BCUT2D eigenvalue weighted by atomic mass is 10.0. The zero-order valence-electron chi connectivity index (χ0n) is 18.7. The molecule has 1 aliphatic heterocycles. The largest absolute Gasteiger partial charge is 0.497 e. The summed E-state index contributed by atoms with van der Waals surface area (Å²) >= 11 is 0. The molecule has 2 heterocycles. The van der Waals surface area contributed by atoms with Gasteiger partial charge in [0, 0.05) is 30.3 Å². The molecule has 0 radical (unpaired) electrons. The van der Waals surface area contributed by atoms with Gasteiger partial charge >= 0.3 is 0 Å². The SMILES string of the molecule is COc1cccc(-c2ccc3nc(C4=CCCN=C4)nc(NCCc4ccccc4)c3c2)c1. The van der Waals surface area contributed by atoms with Crippen molar-refractivity contribution in [3.05, 3.63) is 90.3 Å². The van der Waals surface area contributed by atoms with Crippen LogP contribution in [0.3, 0.4) is 0 Å². The number of nitrogens with zero attached hydrogens (tertiary/aromatic N) is 3. The molecule has 3 aromatic carbocycles. The molecule has 0 aliphatic carbocycles. The topological polar surface area (TPSA) is 59.4 Å². The molecule has 0 bridgehead atoms. The number of methoxy groups -OCH3 is 1. The van der Waals surface area contributed by atoms with Crippen molar-refractivity contribution < 1.29 is 4.74 Å². The van der Waals surface area contributed by atoms with Crippen molar-refractivity contribution in [2.75, 3.05) is 25.5 Å². The van der Waals surface area contributed by atoms with Crippen molar-refractivity contribution in [3.8, 4) is 16.9 Å². The van der Waals surface area contributed by atoms with Crippen LogP contribution in [0.4, 0.5) is 5.82 Å². The standard InChI is InChI=1S/C28H26N4O/c1-33-24-11-5-9-21(17-24)22-12-13-26-25(18-22)28(30-16-14-20-7-3-2-4-8-20)32-27(31-26)23-10-6-15-29-19-23/h2-5,7-13,17-19H,6,14-16H2,1H3,(H,30,31,32). The van der Waals surface area contributed by atoms with E-state index in [1.807, 2.05) is 30.5 Å². The number of nitrogens with one attached hydrogen (secondary N) is 1. The average Bonchev–Trinajstić information content (AvgIpc) is 2.89. The molecule has 0 unspecified atom stereocenters. The summed E-state index contributed by atoms with van der Waals surface area (Å²) in [7, 11) is 1.69. The second kappa shape index (κ2) is 9.65. The van der Waals surface area contributed by atoms with E-state index in [2.05, 4.69) is 64.9 Å². The fourth-order valence-electron chi connectivity index (χ4n) is 4.00. The van der Waals surface area contributed by atoms with E-state index in [9.17, 15) is 0 Å². The van der Waals surface area contributed by atoms with Gasteiger partial charge in [-0.25, -0.2) is 9.97 Å². The Morgan fingerprint density at radius 2 is 1.79 bits per heavy atom. The summed E-state index contributed by atoms with van der Waals surface area (Å²) in [5.41, 5.74) is 5.38. The molecule has 0 fully saturated rings. The lowest BCUT2D eigenvalue weighted by molar-refractivity contribution is 0.415. The lowest BCUT2D eigenvalue weighted by Crippen LogP contribution is -2.09. The number of anilines is 1. The molecule has 1 aromatic heterocycles. The van der Waals surface area contributed by atoms with Gasteiger partial charge in [0.15, 0.2) is 5.82 Å². The Kier molecular flexibility index (Phi) is 6.11. The van der Waals surface area contributed by atoms with Crippen molar-refractivity contribution in [3.63, 3.8) is 0 Å². The number of fused-ring (bicyclic) bond motifs is 1. The minimum Gasteiger partial charge on any atom is -0.497 e. The van der Waals surface area contributed by atoms with Crippen molar-refractivity contribution in [2.24, 2.45) is 4.99 Å². The number of rotatable bonds is 7. The third kappa shape index (κ3) is 4.77. The highest BCUT2D eigenvalue weighted by Gasteiger charge is 2.13. The van der Waals surface area contributed by atoms with E-state index in [1.54, 1.807) is 7.11 Å². The summed E-state index contributed by atoms with van der Waals surface area (Å²) in [4.78, 5) is 14.2. The van der Waals surface area contributed by atoms with Gasteiger partial charge in [-0.1, -0.05) is 54.6 Å². The van der Waals surface area contributed by atoms with E-state index in [1.165, 1.54) is 5.56 Å². The first-order valence-electron chi connectivity index (χ1n) is 11.2. The third-order valence-electron chi connectivity index (χ3n) is 5.76. The highest BCUT2D eigenvalue weighted by atomic mass is 16.5. The molecular weight excluding hydrogens is 408 g/mol. The maximum absolute atomic E-state index is 5.41. The highest BCUT2D eigenvalue weighted by molar-refractivity contribution is 6.09. The Balaban J connectivity index is 1.53. The predicted molar refractivity (Wildman–Crippen MR) is 136 cm³/mol. The first-order valence-corrected chi connectivity index (χ1v) is 11.2. The van der Waals surface area contributed by atoms with Crippen molar-refractivity contribution in [2.45, 2.75) is 12.8 Å². The summed E-state index contributed by atoms with van der Waals surface area (Å²) in [5.74, 6) is 2.39. The van der Waals surface area contributed by atoms with E-state index < -0.39 is 0 Å². The van der Waals surface area contributed by atoms with Gasteiger partial charge < -0.3 is 10.1 Å². The molecule has 4 aromatic rings. The van der Waals surface area contributed by atoms with E-state index in [0.29, 0.717) is 5.82 Å². The van der Waals surface area contributed by atoms with E-state index in [4.69, 9.17) is 14.7 Å². The third-order valence-corrected chi connectivity index (χ3v) is 5.76. The molecule has 1 aliphatic rings. The molecule has 0 spiro atoms. The second-order valence-electron chi connectivity index (χ2n) is 8.01. The number of allylic oxidation sites excluding steroid dienone is 1. The molecule has 5 heteroatoms. The van der Waals surface area contributed by atoms with Crippen LogP contribution in [0.2, 0.25) is 0 Å². The smallest absolute Gasteiger partial charge is 0.163 e. The Morgan fingerprint density at radius 1 is 0.909 bits per heavy atom. The van der Waals surface area contributed by atoms with Crippen LogP contribution < -0.4 is 10.1 Å². The van der Waals surface area contributed by atoms with Gasteiger partial charge in [0.05, 0.1) is 12.6 Å². The van der Waals surface area contributed by atoms with E-state index >= 15 is 0 Å². The molecule has 0 atom stereocenters. The Bertz CT molecular complexity index is 1330. The predicted octanol–water partition coefficient (Wildman–Crippen LogP) is 5.82. The summed E-state index contributed by atoms with van der Waals surface area (Å²) in [5, 5.41) is 4.57. The van der Waals surface area contributed by atoms with Gasteiger partial charge in [-0.3, -0.25) is 4.99 Å². The molecule has 5 nitrogen and oxygen atoms in total. The van der Waals surface area contributed by atoms with Gasteiger partial charge in [-0.2, -0.15) is 0 Å². The quantitative estimate of drug-likeness (QED) is 0.398. The number of aliphatic imine (C=N–C) groups is 1. The van der Waals surface area contributed by atoms with Crippen LogP contribution in [0.15, 0.2) is 83.9 Å². The number of aromatic nitrogens is 2. The molecule has 5 rings (SSSR count). The van der Waals surface area contributed by atoms with Crippen molar-refractivity contribution in [1.82, 2.24) is 9.97 Å². The monoisotopic (exact) mass is 434 g/mol. The fourth-order valence-corrected chi connectivity index (χ4v) is 4.00. The maximum atomic E-state index is 5.41. The number of ether oxygens (including phenoxy) is 1. The van der Waals surface area contributed by atoms with Crippen LogP contribution in [-0.4, -0.2) is 36.4 Å². The summed E-state index contributed by atoms with van der Waals surface area (Å²) < 4.78 is 5.41. The Hall–Kier alpha value is -3.99. The van der Waals surface area contributed by atoms with Gasteiger partial charge in [-0.05, 0) is 53.8 Å². The number of benzene rings is 3. The highest BCUT2D eigenvalue weighted by Crippen LogP contribution is 2.30. The van der Waals surface area contributed by atoms with E-state index in [-0.39, 0.29) is 0 Å². The summed E-state index contributed by atoms with van der Waals surface area (Å²) in [6.07, 6.45) is 5.87. The molecule has 0 saturated heterocycles. The van der Waals surface area contributed by atoms with Crippen molar-refractivity contribution >= 4 is 28.5 Å². The second-order valence-corrected chi connectivity index (χ2v) is 8.01. The summed E-state index contributed by atoms with van der Waals surface area (Å²) in [6, 6.07) is 24.9. The molecular formula is C28H26N4O. The fraction of sp³-hybridized carbons (Fsp3) is 0.179. The van der Waals surface area contributed by atoms with Crippen LogP contribution in [0.25, 0.3) is 27.6 Å². The molecule has 0 saturated carbocycles. The Labute approximate surface area is 193 Å². The molecule has 1 N–H and O–H groups in total. The first-order chi connectivity index (χ1) is 16.3. The van der Waals surface area contributed by atoms with Crippen molar-refractivity contribution in [1.29, 1.82) is 0 Å². The first kappa shape index (κ1) is 20.9. The van der Waals surface area contributed by atoms with Crippen LogP contribution in [0, 0.1) is 0 Å². The molecule has 0 amide bonds. The van der Waals surface area contributed by atoms with E-state index in [0.717, 1.165) is 65.1 Å². The van der Waals surface area contributed by atoms with Gasteiger partial charge in [0.2, 0.25) is 0 Å². The van der Waals surface area contributed by atoms with Crippen LogP contribution in [0.5, 0.6) is 5.75 Å². The van der Waals surface area contributed by atoms with Gasteiger partial charge in [0.25, 0.3) is 0 Å². The summed E-state index contributed by atoms with van der Waals surface area (Å²) in [6.45, 7) is 1.61. The van der Waals surface area contributed by atoms with Gasteiger partial charge in [-0.15, -0.1) is 0 Å². The maximum Gasteiger partial charge on any atom is 0.163 e. The average molecular weight is 435 g/mol. The Morgan fingerprint density at radius 3 is 2.61 bits per heavy atom.